The number of carbonyl (C=O) groups is 1. The van der Waals surface area contributed by atoms with Crippen molar-refractivity contribution in [1.82, 2.24) is 9.21 Å². The Morgan fingerprint density at radius 1 is 0.950 bits per heavy atom. The fraction of sp³-hybridized carbons (Fsp3) is 0.741. The number of benzene rings is 1. The Bertz CT molecular complexity index is 1060. The number of alkyl halides is 3. The zero-order chi connectivity index (χ0) is 29.6. The Labute approximate surface area is 235 Å². The maximum absolute atomic E-state index is 14.1. The SMILES string of the molecule is COCCN1CCC(C(=O)OC(C)(C)C)(S(=O)(=O)N2CCN(c3ccc(OCCCC(F)(F)F)cc3)CC2)CC1. The van der Waals surface area contributed by atoms with Gasteiger partial charge in [-0.25, -0.2) is 8.42 Å². The number of piperazine rings is 1. The number of nitrogens with zero attached hydrogens (tertiary/aromatic N) is 3. The van der Waals surface area contributed by atoms with Crippen molar-refractivity contribution < 1.29 is 40.6 Å². The first-order valence-corrected chi connectivity index (χ1v) is 15.1. The van der Waals surface area contributed by atoms with Crippen LogP contribution in [0.2, 0.25) is 0 Å². The van der Waals surface area contributed by atoms with Crippen LogP contribution in [0.25, 0.3) is 0 Å². The highest BCUT2D eigenvalue weighted by Gasteiger charge is 2.56. The summed E-state index contributed by atoms with van der Waals surface area (Å²) >= 11 is 0. The van der Waals surface area contributed by atoms with Crippen molar-refractivity contribution in [2.75, 3.05) is 71.0 Å². The molecule has 2 heterocycles. The summed E-state index contributed by atoms with van der Waals surface area (Å²) in [6.45, 7) is 8.55. The molecule has 0 radical (unpaired) electrons. The van der Waals surface area contributed by atoms with Crippen LogP contribution in [0.4, 0.5) is 18.9 Å². The van der Waals surface area contributed by atoms with E-state index in [1.165, 1.54) is 4.31 Å². The third-order valence-electron chi connectivity index (χ3n) is 7.19. The van der Waals surface area contributed by atoms with Crippen LogP contribution in [0, 0.1) is 0 Å². The van der Waals surface area contributed by atoms with Crippen molar-refractivity contribution in [3.63, 3.8) is 0 Å². The average molecular weight is 594 g/mol. The molecule has 0 N–H and O–H groups in total. The Hall–Kier alpha value is -2.09. The molecule has 0 aliphatic carbocycles. The number of methoxy groups -OCH3 is 1. The molecule has 2 fully saturated rings. The van der Waals surface area contributed by atoms with E-state index in [1.54, 1.807) is 52.1 Å². The smallest absolute Gasteiger partial charge is 0.389 e. The molecule has 40 heavy (non-hydrogen) atoms. The zero-order valence-electron chi connectivity index (χ0n) is 23.8. The summed E-state index contributed by atoms with van der Waals surface area (Å²) in [7, 11) is -2.41. The normalized spacial score (nSPS) is 19.4. The van der Waals surface area contributed by atoms with Crippen molar-refractivity contribution in [2.24, 2.45) is 0 Å². The quantitative estimate of drug-likeness (QED) is 0.284. The van der Waals surface area contributed by atoms with Crippen LogP contribution < -0.4 is 9.64 Å². The van der Waals surface area contributed by atoms with Gasteiger partial charge in [0.25, 0.3) is 0 Å². The topological polar surface area (TPSA) is 88.6 Å². The number of esters is 1. The lowest BCUT2D eigenvalue weighted by Gasteiger charge is -2.44. The summed E-state index contributed by atoms with van der Waals surface area (Å²) in [5.41, 5.74) is 0.0349. The standard InChI is InChI=1S/C27H42F3N3O6S/c1-25(2,3)39-24(34)26(11-13-31(14-12-26)19-21-37-4)40(35,36)33-17-15-32(16-18-33)22-6-8-23(9-7-22)38-20-5-10-27(28,29)30/h6-9H,5,10-21H2,1-4H3. The van der Waals surface area contributed by atoms with Gasteiger partial charge in [0.15, 0.2) is 4.75 Å². The summed E-state index contributed by atoms with van der Waals surface area (Å²) < 4.78 is 81.0. The predicted octanol–water partition coefficient (Wildman–Crippen LogP) is 3.68. The maximum atomic E-state index is 14.1. The van der Waals surface area contributed by atoms with Crippen LogP contribution in [0.3, 0.4) is 0 Å². The van der Waals surface area contributed by atoms with Gasteiger partial charge in [-0.15, -0.1) is 0 Å². The van der Waals surface area contributed by atoms with E-state index in [-0.39, 0.29) is 39.0 Å². The first-order chi connectivity index (χ1) is 18.7. The zero-order valence-corrected chi connectivity index (χ0v) is 24.7. The summed E-state index contributed by atoms with van der Waals surface area (Å²) in [6.07, 6.45) is -4.90. The van der Waals surface area contributed by atoms with Gasteiger partial charge in [0.2, 0.25) is 10.0 Å². The number of hydrogen-bond acceptors (Lipinski definition) is 8. The largest absolute Gasteiger partial charge is 0.494 e. The molecular formula is C27H42F3N3O6S. The van der Waals surface area contributed by atoms with Crippen molar-refractivity contribution >= 4 is 21.7 Å². The number of ether oxygens (including phenoxy) is 3. The number of rotatable bonds is 11. The van der Waals surface area contributed by atoms with E-state index in [1.807, 2.05) is 4.90 Å². The number of anilines is 1. The number of hydrogen-bond donors (Lipinski definition) is 0. The minimum absolute atomic E-state index is 0.0288. The Morgan fingerprint density at radius 2 is 1.55 bits per heavy atom. The summed E-state index contributed by atoms with van der Waals surface area (Å²) in [6, 6.07) is 7.00. The molecule has 0 unspecified atom stereocenters. The van der Waals surface area contributed by atoms with Crippen LogP contribution in [0.15, 0.2) is 24.3 Å². The molecule has 3 rings (SSSR count). The van der Waals surface area contributed by atoms with Crippen molar-refractivity contribution in [3.05, 3.63) is 24.3 Å². The Balaban J connectivity index is 1.64. The first kappa shape index (κ1) is 32.4. The predicted molar refractivity (Wildman–Crippen MR) is 146 cm³/mol. The van der Waals surface area contributed by atoms with Crippen molar-refractivity contribution in [1.29, 1.82) is 0 Å². The van der Waals surface area contributed by atoms with Gasteiger partial charge in [0.05, 0.1) is 13.2 Å². The number of piperidine rings is 1. The average Bonchev–Trinajstić information content (AvgIpc) is 2.89. The summed E-state index contributed by atoms with van der Waals surface area (Å²) in [5, 5.41) is 0. The minimum Gasteiger partial charge on any atom is -0.494 e. The lowest BCUT2D eigenvalue weighted by molar-refractivity contribution is -0.159. The van der Waals surface area contributed by atoms with E-state index in [0.717, 1.165) is 5.69 Å². The molecule has 13 heteroatoms. The summed E-state index contributed by atoms with van der Waals surface area (Å²) in [5.74, 6) is -0.220. The third-order valence-corrected chi connectivity index (χ3v) is 9.80. The van der Waals surface area contributed by atoms with Gasteiger partial charge in [0.1, 0.15) is 11.4 Å². The van der Waals surface area contributed by atoms with Gasteiger partial charge < -0.3 is 24.0 Å². The van der Waals surface area contributed by atoms with Crippen LogP contribution >= 0.6 is 0 Å². The van der Waals surface area contributed by atoms with Crippen LogP contribution in [0.1, 0.15) is 46.5 Å². The molecule has 2 aliphatic heterocycles. The second kappa shape index (κ2) is 13.3. The molecule has 1 aromatic carbocycles. The molecule has 9 nitrogen and oxygen atoms in total. The first-order valence-electron chi connectivity index (χ1n) is 13.7. The fourth-order valence-electron chi connectivity index (χ4n) is 4.95. The van der Waals surface area contributed by atoms with E-state index >= 15 is 0 Å². The van der Waals surface area contributed by atoms with Crippen LogP contribution in [-0.4, -0.2) is 106 Å². The fourth-order valence-corrected chi connectivity index (χ4v) is 7.04. The lowest BCUT2D eigenvalue weighted by Crippen LogP contribution is -2.62. The number of likely N-dealkylation sites (tertiary alicyclic amines) is 1. The lowest BCUT2D eigenvalue weighted by atomic mass is 9.95. The van der Waals surface area contributed by atoms with E-state index in [0.29, 0.717) is 45.1 Å². The molecule has 0 amide bonds. The molecule has 0 saturated carbocycles. The highest BCUT2D eigenvalue weighted by Crippen LogP contribution is 2.37. The van der Waals surface area contributed by atoms with E-state index in [4.69, 9.17) is 14.2 Å². The van der Waals surface area contributed by atoms with Gasteiger partial charge in [-0.2, -0.15) is 17.5 Å². The summed E-state index contributed by atoms with van der Waals surface area (Å²) in [4.78, 5) is 17.6. The number of sulfonamides is 1. The minimum atomic E-state index is -4.20. The van der Waals surface area contributed by atoms with Gasteiger partial charge >= 0.3 is 12.1 Å². The third kappa shape index (κ3) is 8.46. The molecule has 0 spiro atoms. The molecule has 0 atom stereocenters. The Morgan fingerprint density at radius 3 is 2.08 bits per heavy atom. The van der Waals surface area contributed by atoms with E-state index in [2.05, 4.69) is 4.90 Å². The molecule has 0 aromatic heterocycles. The van der Waals surface area contributed by atoms with Crippen molar-refractivity contribution in [3.8, 4) is 5.75 Å². The van der Waals surface area contributed by atoms with Crippen LogP contribution in [0.5, 0.6) is 5.75 Å². The number of halogens is 3. The van der Waals surface area contributed by atoms with Crippen LogP contribution in [-0.2, 0) is 24.3 Å². The monoisotopic (exact) mass is 593 g/mol. The van der Waals surface area contributed by atoms with E-state index in [9.17, 15) is 26.4 Å². The molecule has 228 valence electrons. The van der Waals surface area contributed by atoms with Gasteiger partial charge in [0, 0.05) is 65.0 Å². The Kier molecular flexibility index (Phi) is 10.7. The highest BCUT2D eigenvalue weighted by atomic mass is 32.2. The highest BCUT2D eigenvalue weighted by molar-refractivity contribution is 7.91. The van der Waals surface area contributed by atoms with Gasteiger partial charge in [-0.3, -0.25) is 4.79 Å². The molecule has 2 saturated heterocycles. The maximum Gasteiger partial charge on any atom is 0.389 e. The van der Waals surface area contributed by atoms with Crippen molar-refractivity contribution in [2.45, 2.75) is 63.0 Å². The molecule has 0 bridgehead atoms. The molecular weight excluding hydrogens is 551 g/mol. The second-order valence-electron chi connectivity index (χ2n) is 11.3. The van der Waals surface area contributed by atoms with E-state index < -0.39 is 38.9 Å². The van der Waals surface area contributed by atoms with Gasteiger partial charge in [-0.1, -0.05) is 0 Å². The second-order valence-corrected chi connectivity index (χ2v) is 13.5. The number of carbonyl (C=O) groups excluding carboxylic acids is 1. The molecule has 2 aliphatic rings. The molecule has 1 aromatic rings. The van der Waals surface area contributed by atoms with Gasteiger partial charge in [-0.05, 0) is 64.3 Å².